The zero-order valence-electron chi connectivity index (χ0n) is 14.0. The smallest absolute Gasteiger partial charge is 0.222 e. The maximum atomic E-state index is 11.8. The number of fused-ring (bicyclic) bond motifs is 1. The molecule has 1 aromatic heterocycles. The normalized spacial score (nSPS) is 21.6. The van der Waals surface area contributed by atoms with E-state index in [2.05, 4.69) is 41.5 Å². The van der Waals surface area contributed by atoms with Crippen LogP contribution in [0.1, 0.15) is 32.3 Å². The molecule has 0 saturated carbocycles. The Morgan fingerprint density at radius 3 is 2.96 bits per heavy atom. The van der Waals surface area contributed by atoms with Crippen LogP contribution in [0.3, 0.4) is 0 Å². The van der Waals surface area contributed by atoms with Crippen molar-refractivity contribution in [2.75, 3.05) is 13.1 Å². The molecule has 1 N–H and O–H groups in total. The van der Waals surface area contributed by atoms with Gasteiger partial charge in [0.1, 0.15) is 0 Å². The molecule has 1 aliphatic rings. The van der Waals surface area contributed by atoms with Crippen LogP contribution >= 0.6 is 0 Å². The average Bonchev–Trinajstić information content (AvgIpc) is 2.60. The Labute approximate surface area is 137 Å². The van der Waals surface area contributed by atoms with Gasteiger partial charge >= 0.3 is 0 Å². The maximum Gasteiger partial charge on any atom is 0.222 e. The van der Waals surface area contributed by atoms with Gasteiger partial charge in [-0.05, 0) is 24.0 Å². The minimum Gasteiger partial charge on any atom is -0.342 e. The van der Waals surface area contributed by atoms with Crippen LogP contribution in [-0.4, -0.2) is 34.9 Å². The molecule has 0 radical (unpaired) electrons. The number of piperidine rings is 1. The SMILES string of the molecule is CCC(=O)N1CC[C@@H](NCc2cccc3cccnc23)[C@H](C)C1. The number of para-hydroxylation sites is 1. The number of hydrogen-bond donors (Lipinski definition) is 1. The van der Waals surface area contributed by atoms with Gasteiger partial charge in [-0.3, -0.25) is 9.78 Å². The first-order valence-electron chi connectivity index (χ1n) is 8.52. The topological polar surface area (TPSA) is 45.2 Å². The fourth-order valence-corrected chi connectivity index (χ4v) is 3.45. The Balaban J connectivity index is 1.63. The summed E-state index contributed by atoms with van der Waals surface area (Å²) in [6.45, 7) is 6.71. The number of rotatable bonds is 4. The van der Waals surface area contributed by atoms with Gasteiger partial charge in [0.2, 0.25) is 5.91 Å². The maximum absolute atomic E-state index is 11.8. The van der Waals surface area contributed by atoms with Crippen LogP contribution in [0.2, 0.25) is 0 Å². The molecule has 2 atom stereocenters. The van der Waals surface area contributed by atoms with Crippen LogP contribution in [0.25, 0.3) is 10.9 Å². The average molecular weight is 311 g/mol. The van der Waals surface area contributed by atoms with E-state index in [0.717, 1.165) is 31.6 Å². The second kappa shape index (κ2) is 7.09. The molecular weight excluding hydrogens is 286 g/mol. The Morgan fingerprint density at radius 2 is 2.17 bits per heavy atom. The van der Waals surface area contributed by atoms with Gasteiger partial charge in [0, 0.05) is 43.7 Å². The minimum atomic E-state index is 0.272. The van der Waals surface area contributed by atoms with Gasteiger partial charge in [-0.15, -0.1) is 0 Å². The minimum absolute atomic E-state index is 0.272. The molecule has 1 fully saturated rings. The molecule has 122 valence electrons. The molecule has 0 unspecified atom stereocenters. The first kappa shape index (κ1) is 15.9. The number of aromatic nitrogens is 1. The number of nitrogens with zero attached hydrogens (tertiary/aromatic N) is 2. The van der Waals surface area contributed by atoms with Crippen LogP contribution in [0.5, 0.6) is 0 Å². The van der Waals surface area contributed by atoms with E-state index in [1.165, 1.54) is 10.9 Å². The summed E-state index contributed by atoms with van der Waals surface area (Å²) >= 11 is 0. The van der Waals surface area contributed by atoms with Crippen molar-refractivity contribution in [1.82, 2.24) is 15.2 Å². The van der Waals surface area contributed by atoms with Gasteiger partial charge in [0.15, 0.2) is 0 Å². The lowest BCUT2D eigenvalue weighted by atomic mass is 9.93. The number of benzene rings is 1. The molecule has 1 aromatic carbocycles. The first-order valence-corrected chi connectivity index (χ1v) is 8.52. The molecule has 1 amide bonds. The number of pyridine rings is 1. The summed E-state index contributed by atoms with van der Waals surface area (Å²) in [4.78, 5) is 18.4. The highest BCUT2D eigenvalue weighted by Gasteiger charge is 2.27. The highest BCUT2D eigenvalue weighted by molar-refractivity contribution is 5.81. The number of likely N-dealkylation sites (tertiary alicyclic amines) is 1. The Kier molecular flexibility index (Phi) is 4.91. The first-order chi connectivity index (χ1) is 11.2. The van der Waals surface area contributed by atoms with Gasteiger partial charge in [-0.1, -0.05) is 38.1 Å². The van der Waals surface area contributed by atoms with E-state index in [0.29, 0.717) is 18.4 Å². The fraction of sp³-hybridized carbons (Fsp3) is 0.474. The van der Waals surface area contributed by atoms with E-state index < -0.39 is 0 Å². The molecular formula is C19H25N3O. The predicted octanol–water partition coefficient (Wildman–Crippen LogP) is 2.97. The number of nitrogens with one attached hydrogen (secondary N) is 1. The van der Waals surface area contributed by atoms with Crippen molar-refractivity contribution in [3.8, 4) is 0 Å². The van der Waals surface area contributed by atoms with Crippen molar-refractivity contribution in [2.24, 2.45) is 5.92 Å². The molecule has 23 heavy (non-hydrogen) atoms. The summed E-state index contributed by atoms with van der Waals surface area (Å²) in [5.41, 5.74) is 2.32. The Bertz CT molecular complexity index is 680. The van der Waals surface area contributed by atoms with Crippen LogP contribution in [0.15, 0.2) is 36.5 Å². The molecule has 1 aliphatic heterocycles. The van der Waals surface area contributed by atoms with Gasteiger partial charge in [0.25, 0.3) is 0 Å². The monoisotopic (exact) mass is 311 g/mol. The van der Waals surface area contributed by atoms with Gasteiger partial charge in [-0.25, -0.2) is 0 Å². The second-order valence-electron chi connectivity index (χ2n) is 6.44. The van der Waals surface area contributed by atoms with E-state index in [-0.39, 0.29) is 5.91 Å². The van der Waals surface area contributed by atoms with Gasteiger partial charge < -0.3 is 10.2 Å². The predicted molar refractivity (Wildman–Crippen MR) is 93.0 cm³/mol. The quantitative estimate of drug-likeness (QED) is 0.944. The van der Waals surface area contributed by atoms with Crippen LogP contribution < -0.4 is 5.32 Å². The van der Waals surface area contributed by atoms with Crippen LogP contribution in [-0.2, 0) is 11.3 Å². The summed E-state index contributed by atoms with van der Waals surface area (Å²) in [6.07, 6.45) is 3.47. The molecule has 1 saturated heterocycles. The summed E-state index contributed by atoms with van der Waals surface area (Å²) in [7, 11) is 0. The van der Waals surface area contributed by atoms with E-state index >= 15 is 0 Å². The van der Waals surface area contributed by atoms with Crippen LogP contribution in [0.4, 0.5) is 0 Å². The Hall–Kier alpha value is -1.94. The lowest BCUT2D eigenvalue weighted by Gasteiger charge is -2.37. The number of carbonyl (C=O) groups excluding carboxylic acids is 1. The Morgan fingerprint density at radius 1 is 1.35 bits per heavy atom. The summed E-state index contributed by atoms with van der Waals surface area (Å²) in [5.74, 6) is 0.746. The molecule has 0 bridgehead atoms. The largest absolute Gasteiger partial charge is 0.342 e. The molecule has 3 rings (SSSR count). The zero-order chi connectivity index (χ0) is 16.2. The van der Waals surface area contributed by atoms with Crippen molar-refractivity contribution in [3.05, 3.63) is 42.1 Å². The van der Waals surface area contributed by atoms with Crippen molar-refractivity contribution < 1.29 is 4.79 Å². The van der Waals surface area contributed by atoms with Crippen molar-refractivity contribution >= 4 is 16.8 Å². The van der Waals surface area contributed by atoms with Crippen molar-refractivity contribution in [2.45, 2.75) is 39.3 Å². The van der Waals surface area contributed by atoms with Gasteiger partial charge in [-0.2, -0.15) is 0 Å². The third-order valence-electron chi connectivity index (χ3n) is 4.83. The lowest BCUT2D eigenvalue weighted by molar-refractivity contribution is -0.132. The summed E-state index contributed by atoms with van der Waals surface area (Å²) in [5, 5.41) is 4.86. The molecule has 0 spiro atoms. The van der Waals surface area contributed by atoms with E-state index in [1.54, 1.807) is 0 Å². The standard InChI is InChI=1S/C19H25N3O/c1-3-18(23)22-11-9-17(14(2)13-22)21-12-16-7-4-6-15-8-5-10-20-19(15)16/h4-8,10,14,17,21H,3,9,11-13H2,1-2H3/t14-,17-/m1/s1. The number of amides is 1. The molecule has 4 nitrogen and oxygen atoms in total. The second-order valence-corrected chi connectivity index (χ2v) is 6.44. The summed E-state index contributed by atoms with van der Waals surface area (Å²) < 4.78 is 0. The molecule has 0 aliphatic carbocycles. The van der Waals surface area contributed by atoms with E-state index in [4.69, 9.17) is 0 Å². The van der Waals surface area contributed by atoms with E-state index in [1.807, 2.05) is 24.1 Å². The van der Waals surface area contributed by atoms with Crippen LogP contribution in [0, 0.1) is 5.92 Å². The number of carbonyl (C=O) groups is 1. The lowest BCUT2D eigenvalue weighted by Crippen LogP contribution is -2.49. The van der Waals surface area contributed by atoms with Crippen molar-refractivity contribution in [1.29, 1.82) is 0 Å². The number of hydrogen-bond acceptors (Lipinski definition) is 3. The van der Waals surface area contributed by atoms with Gasteiger partial charge in [0.05, 0.1) is 5.52 Å². The third-order valence-corrected chi connectivity index (χ3v) is 4.83. The highest BCUT2D eigenvalue weighted by Crippen LogP contribution is 2.20. The molecule has 4 heteroatoms. The van der Waals surface area contributed by atoms with E-state index in [9.17, 15) is 4.79 Å². The molecule has 2 heterocycles. The zero-order valence-corrected chi connectivity index (χ0v) is 14.0. The van der Waals surface area contributed by atoms with Crippen molar-refractivity contribution in [3.63, 3.8) is 0 Å². The highest BCUT2D eigenvalue weighted by atomic mass is 16.2. The molecule has 2 aromatic rings. The fourth-order valence-electron chi connectivity index (χ4n) is 3.45. The third kappa shape index (κ3) is 3.53. The summed E-state index contributed by atoms with van der Waals surface area (Å²) in [6, 6.07) is 10.9.